The summed E-state index contributed by atoms with van der Waals surface area (Å²) in [5.74, 6) is 3.23. The van der Waals surface area contributed by atoms with Crippen LogP contribution in [0, 0.1) is 23.6 Å². The molecule has 34 heavy (non-hydrogen) atoms. The molecular formula is C24H26Cl3FN4O2. The molecule has 1 aromatic heterocycles. The van der Waals surface area contributed by atoms with E-state index >= 15 is 0 Å². The summed E-state index contributed by atoms with van der Waals surface area (Å²) in [6, 6.07) is 6.24. The topological polar surface area (TPSA) is 59.5 Å². The second kappa shape index (κ2) is 10.3. The number of ether oxygens (including phenoxy) is 2. The molecule has 0 unspecified atom stereocenters. The summed E-state index contributed by atoms with van der Waals surface area (Å²) >= 11 is 11.9. The van der Waals surface area contributed by atoms with E-state index in [0.717, 1.165) is 17.9 Å². The minimum absolute atomic E-state index is 0. The quantitative estimate of drug-likeness (QED) is 0.384. The molecule has 0 radical (unpaired) electrons. The van der Waals surface area contributed by atoms with Gasteiger partial charge in [0.2, 0.25) is 0 Å². The molecule has 182 valence electrons. The number of methoxy groups -OCH3 is 1. The zero-order chi connectivity index (χ0) is 23.1. The molecule has 1 aliphatic heterocycles. The summed E-state index contributed by atoms with van der Waals surface area (Å²) in [7, 11) is 3.80. The average Bonchev–Trinajstić information content (AvgIpc) is 3.32. The van der Waals surface area contributed by atoms with Crippen LogP contribution in [-0.2, 0) is 0 Å². The molecule has 1 N–H and O–H groups in total. The van der Waals surface area contributed by atoms with Crippen LogP contribution in [-0.4, -0.2) is 48.7 Å². The average molecular weight is 528 g/mol. The number of hydrogen-bond donors (Lipinski definition) is 1. The molecular weight excluding hydrogens is 502 g/mol. The van der Waals surface area contributed by atoms with Gasteiger partial charge in [0.25, 0.3) is 0 Å². The Kier molecular flexibility index (Phi) is 7.57. The Morgan fingerprint density at radius 1 is 1.06 bits per heavy atom. The molecule has 0 spiro atoms. The van der Waals surface area contributed by atoms with Gasteiger partial charge in [-0.1, -0.05) is 23.2 Å². The minimum atomic E-state index is -0.532. The van der Waals surface area contributed by atoms with Crippen molar-refractivity contribution in [2.45, 2.75) is 12.8 Å². The molecule has 1 aliphatic carbocycles. The van der Waals surface area contributed by atoms with E-state index < -0.39 is 5.82 Å². The molecule has 2 fully saturated rings. The first-order valence-electron chi connectivity index (χ1n) is 11.0. The fourth-order valence-electron chi connectivity index (χ4n) is 5.19. The van der Waals surface area contributed by atoms with Crippen LogP contribution in [0.25, 0.3) is 10.9 Å². The Hall–Kier alpha value is -2.06. The van der Waals surface area contributed by atoms with Crippen molar-refractivity contribution in [2.75, 3.05) is 39.2 Å². The van der Waals surface area contributed by atoms with Gasteiger partial charge in [0.05, 0.1) is 35.0 Å². The third-order valence-electron chi connectivity index (χ3n) is 6.69. The van der Waals surface area contributed by atoms with E-state index in [1.54, 1.807) is 13.2 Å². The molecule has 1 saturated heterocycles. The fraction of sp³-hybridized carbons (Fsp3) is 0.417. The molecule has 5 rings (SSSR count). The lowest BCUT2D eigenvalue weighted by atomic mass is 10.0. The predicted molar refractivity (Wildman–Crippen MR) is 136 cm³/mol. The van der Waals surface area contributed by atoms with Crippen molar-refractivity contribution in [1.82, 2.24) is 14.9 Å². The van der Waals surface area contributed by atoms with Crippen molar-refractivity contribution in [3.8, 4) is 11.5 Å². The lowest BCUT2D eigenvalue weighted by molar-refractivity contribution is 0.227. The second-order valence-electron chi connectivity index (χ2n) is 9.00. The van der Waals surface area contributed by atoms with Crippen LogP contribution in [0.2, 0.25) is 10.0 Å². The Morgan fingerprint density at radius 3 is 2.47 bits per heavy atom. The van der Waals surface area contributed by atoms with E-state index in [0.29, 0.717) is 40.7 Å². The molecule has 1 saturated carbocycles. The van der Waals surface area contributed by atoms with E-state index in [1.807, 2.05) is 6.07 Å². The third-order valence-corrected chi connectivity index (χ3v) is 7.41. The number of rotatable bonds is 6. The summed E-state index contributed by atoms with van der Waals surface area (Å²) in [6.45, 7) is 3.03. The monoisotopic (exact) mass is 526 g/mol. The first-order valence-corrected chi connectivity index (χ1v) is 11.7. The van der Waals surface area contributed by atoms with Crippen LogP contribution in [0.15, 0.2) is 30.6 Å². The summed E-state index contributed by atoms with van der Waals surface area (Å²) < 4.78 is 26.2. The molecule has 3 atom stereocenters. The van der Waals surface area contributed by atoms with Gasteiger partial charge in [0.15, 0.2) is 11.5 Å². The van der Waals surface area contributed by atoms with E-state index in [-0.39, 0.29) is 28.1 Å². The fourth-order valence-corrected chi connectivity index (χ4v) is 5.50. The highest BCUT2D eigenvalue weighted by atomic mass is 35.5. The first-order chi connectivity index (χ1) is 15.9. The van der Waals surface area contributed by atoms with E-state index in [9.17, 15) is 4.39 Å². The van der Waals surface area contributed by atoms with E-state index in [4.69, 9.17) is 32.7 Å². The molecule has 2 heterocycles. The standard InChI is InChI=1S/C24H25Cl2FN4O2.ClH/c1-31-9-14-3-13(4-15(14)10-31)11-33-23-8-20-16(5-22(23)32-2)24(29-12-28-20)30-21-7-18(26)17(25)6-19(21)27;/h5-8,12-15H,3-4,9-11H2,1-2H3,(H,28,29,30);1H/t13-,14-,15+;. The van der Waals surface area contributed by atoms with E-state index in [2.05, 4.69) is 27.2 Å². The largest absolute Gasteiger partial charge is 0.493 e. The Labute approximate surface area is 214 Å². The van der Waals surface area contributed by atoms with Crippen molar-refractivity contribution in [1.29, 1.82) is 0 Å². The van der Waals surface area contributed by atoms with Gasteiger partial charge in [0, 0.05) is 24.5 Å². The Bertz CT molecular complexity index is 1180. The van der Waals surface area contributed by atoms with Gasteiger partial charge >= 0.3 is 0 Å². The number of fused-ring (bicyclic) bond motifs is 2. The summed E-state index contributed by atoms with van der Waals surface area (Å²) in [5, 5.41) is 4.05. The maximum atomic E-state index is 14.4. The molecule has 0 amide bonds. The first kappa shape index (κ1) is 25.0. The van der Waals surface area contributed by atoms with Crippen LogP contribution >= 0.6 is 35.6 Å². The Balaban J connectivity index is 0.00000274. The van der Waals surface area contributed by atoms with Crippen LogP contribution in [0.1, 0.15) is 12.8 Å². The highest BCUT2D eigenvalue weighted by Crippen LogP contribution is 2.42. The number of hydrogen-bond acceptors (Lipinski definition) is 6. The molecule has 6 nitrogen and oxygen atoms in total. The Morgan fingerprint density at radius 2 is 1.76 bits per heavy atom. The molecule has 0 bridgehead atoms. The highest BCUT2D eigenvalue weighted by Gasteiger charge is 2.39. The predicted octanol–water partition coefficient (Wildman–Crippen LogP) is 6.22. The zero-order valence-corrected chi connectivity index (χ0v) is 21.2. The smallest absolute Gasteiger partial charge is 0.163 e. The summed E-state index contributed by atoms with van der Waals surface area (Å²) in [6.07, 6.45) is 3.83. The lowest BCUT2D eigenvalue weighted by Gasteiger charge is -2.17. The van der Waals surface area contributed by atoms with Gasteiger partial charge < -0.3 is 19.7 Å². The molecule has 2 aliphatic rings. The maximum absolute atomic E-state index is 14.4. The van der Waals surface area contributed by atoms with E-state index in [1.165, 1.54) is 38.3 Å². The number of benzene rings is 2. The number of halogens is 4. The van der Waals surface area contributed by atoms with Crippen LogP contribution in [0.5, 0.6) is 11.5 Å². The van der Waals surface area contributed by atoms with Crippen LogP contribution in [0.4, 0.5) is 15.9 Å². The summed E-state index contributed by atoms with van der Waals surface area (Å²) in [4.78, 5) is 11.1. The van der Waals surface area contributed by atoms with Gasteiger partial charge in [-0.2, -0.15) is 0 Å². The van der Waals surface area contributed by atoms with Crippen molar-refractivity contribution in [3.05, 3.63) is 46.5 Å². The van der Waals surface area contributed by atoms with Crippen LogP contribution < -0.4 is 14.8 Å². The van der Waals surface area contributed by atoms with Gasteiger partial charge in [0.1, 0.15) is 18.0 Å². The molecule has 3 aromatic rings. The van der Waals surface area contributed by atoms with Gasteiger partial charge in [-0.25, -0.2) is 14.4 Å². The van der Waals surface area contributed by atoms with Crippen molar-refractivity contribution < 1.29 is 13.9 Å². The number of anilines is 2. The van der Waals surface area contributed by atoms with Crippen molar-refractivity contribution in [2.24, 2.45) is 17.8 Å². The molecule has 2 aromatic carbocycles. The highest BCUT2D eigenvalue weighted by molar-refractivity contribution is 6.42. The van der Waals surface area contributed by atoms with Crippen molar-refractivity contribution in [3.63, 3.8) is 0 Å². The molecule has 10 heteroatoms. The van der Waals surface area contributed by atoms with Gasteiger partial charge in [-0.3, -0.25) is 0 Å². The van der Waals surface area contributed by atoms with Crippen LogP contribution in [0.3, 0.4) is 0 Å². The zero-order valence-electron chi connectivity index (χ0n) is 18.9. The number of nitrogens with one attached hydrogen (secondary N) is 1. The minimum Gasteiger partial charge on any atom is -0.493 e. The van der Waals surface area contributed by atoms with Gasteiger partial charge in [-0.15, -0.1) is 12.4 Å². The van der Waals surface area contributed by atoms with Crippen molar-refractivity contribution >= 4 is 58.0 Å². The normalized spacial score (nSPS) is 21.9. The second-order valence-corrected chi connectivity index (χ2v) is 9.82. The number of nitrogens with zero attached hydrogens (tertiary/aromatic N) is 3. The maximum Gasteiger partial charge on any atom is 0.163 e. The summed E-state index contributed by atoms with van der Waals surface area (Å²) in [5.41, 5.74) is 0.829. The lowest BCUT2D eigenvalue weighted by Crippen LogP contribution is -2.18. The van der Waals surface area contributed by atoms with Gasteiger partial charge in [-0.05, 0) is 55.8 Å². The number of aromatic nitrogens is 2. The SMILES string of the molecule is COc1cc2c(Nc3cc(Cl)c(Cl)cc3F)ncnc2cc1OC[C@@H]1C[C@@H]2CN(C)C[C@@H]2C1.Cl. The number of likely N-dealkylation sites (tertiary alicyclic amines) is 1. The third kappa shape index (κ3) is 4.98.